The number of hydrogen-bond acceptors (Lipinski definition) is 4. The van der Waals surface area contributed by atoms with E-state index in [1.165, 1.54) is 38.2 Å². The normalized spacial score (nSPS) is 14.4. The van der Waals surface area contributed by atoms with E-state index in [0.29, 0.717) is 44.5 Å². The zero-order chi connectivity index (χ0) is 28.4. The van der Waals surface area contributed by atoms with Crippen molar-refractivity contribution in [2.24, 2.45) is 5.92 Å². The maximum absolute atomic E-state index is 14.3. The van der Waals surface area contributed by atoms with Gasteiger partial charge in [-0.3, -0.25) is 4.79 Å². The number of carbonyl (C=O) groups is 2. The molecule has 1 aromatic heterocycles. The van der Waals surface area contributed by atoms with Gasteiger partial charge < -0.3 is 20.1 Å². The Morgan fingerprint density at radius 2 is 1.95 bits per heavy atom. The first kappa shape index (κ1) is 27.6. The van der Waals surface area contributed by atoms with Gasteiger partial charge in [0.05, 0.1) is 23.7 Å². The van der Waals surface area contributed by atoms with Crippen LogP contribution in [0.15, 0.2) is 48.5 Å². The van der Waals surface area contributed by atoms with E-state index in [2.05, 4.69) is 22.2 Å². The molecular formula is C31H31ClFN3O4. The molecule has 5 rings (SSSR count). The van der Waals surface area contributed by atoms with E-state index in [1.54, 1.807) is 30.3 Å². The maximum Gasteiger partial charge on any atom is 0.336 e. The third-order valence-electron chi connectivity index (χ3n) is 7.69. The first-order valence-electron chi connectivity index (χ1n) is 13.5. The maximum atomic E-state index is 14.3. The second-order valence-corrected chi connectivity index (χ2v) is 10.6. The van der Waals surface area contributed by atoms with Crippen molar-refractivity contribution in [2.45, 2.75) is 51.5 Å². The van der Waals surface area contributed by atoms with Gasteiger partial charge in [0.2, 0.25) is 0 Å². The second-order valence-electron chi connectivity index (χ2n) is 10.2. The molecule has 7 nitrogen and oxygen atoms in total. The molecule has 1 aliphatic rings. The number of benzene rings is 3. The second kappa shape index (κ2) is 11.7. The van der Waals surface area contributed by atoms with Crippen LogP contribution in [0.25, 0.3) is 33.5 Å². The van der Waals surface area contributed by atoms with Gasteiger partial charge in [-0.15, -0.1) is 0 Å². The summed E-state index contributed by atoms with van der Waals surface area (Å²) in [5.41, 5.74) is 2.47. The first-order valence-corrected chi connectivity index (χ1v) is 13.9. The number of hydrogen-bond donors (Lipinski definition) is 3. The summed E-state index contributed by atoms with van der Waals surface area (Å²) in [4.78, 5) is 33.4. The van der Waals surface area contributed by atoms with E-state index in [0.717, 1.165) is 25.7 Å². The Balaban J connectivity index is 1.54. The van der Waals surface area contributed by atoms with Gasteiger partial charge in [-0.2, -0.15) is 0 Å². The van der Waals surface area contributed by atoms with E-state index in [-0.39, 0.29) is 28.8 Å². The predicted molar refractivity (Wildman–Crippen MR) is 154 cm³/mol. The van der Waals surface area contributed by atoms with Gasteiger partial charge in [0.15, 0.2) is 11.6 Å². The molecule has 3 N–H and O–H groups in total. The molecule has 9 heteroatoms. The molecule has 1 aliphatic carbocycles. The smallest absolute Gasteiger partial charge is 0.336 e. The zero-order valence-electron chi connectivity index (χ0n) is 22.4. The van der Waals surface area contributed by atoms with Crippen LogP contribution >= 0.6 is 11.6 Å². The molecule has 1 saturated carbocycles. The minimum absolute atomic E-state index is 0.0567. The van der Waals surface area contributed by atoms with E-state index in [1.807, 2.05) is 0 Å². The van der Waals surface area contributed by atoms with Crippen molar-refractivity contribution in [3.63, 3.8) is 0 Å². The van der Waals surface area contributed by atoms with Crippen LogP contribution < -0.4 is 10.1 Å². The number of halogens is 2. The van der Waals surface area contributed by atoms with Crippen LogP contribution in [-0.2, 0) is 0 Å². The molecule has 0 radical (unpaired) electrons. The third kappa shape index (κ3) is 5.41. The fourth-order valence-corrected chi connectivity index (χ4v) is 6.00. The van der Waals surface area contributed by atoms with Crippen LogP contribution in [0.4, 0.5) is 4.39 Å². The van der Waals surface area contributed by atoms with Crippen molar-refractivity contribution in [1.82, 2.24) is 15.3 Å². The van der Waals surface area contributed by atoms with Gasteiger partial charge in [0.25, 0.3) is 5.91 Å². The number of ether oxygens (including phenoxy) is 1. The summed E-state index contributed by atoms with van der Waals surface area (Å²) in [6.07, 6.45) is 6.38. The average Bonchev–Trinajstić information content (AvgIpc) is 3.62. The number of H-pyrrole nitrogens is 1. The van der Waals surface area contributed by atoms with Gasteiger partial charge in [0.1, 0.15) is 5.82 Å². The number of fused-ring (bicyclic) bond motifs is 1. The largest absolute Gasteiger partial charge is 0.494 e. The molecule has 0 aliphatic heterocycles. The molecule has 4 aromatic rings. The van der Waals surface area contributed by atoms with Crippen LogP contribution in [0.2, 0.25) is 5.02 Å². The molecular weight excluding hydrogens is 533 g/mol. The Bertz CT molecular complexity index is 1580. The highest BCUT2D eigenvalue weighted by molar-refractivity contribution is 6.34. The number of carbonyl (C=O) groups excluding carboxylic acids is 1. The molecule has 1 atom stereocenters. The molecule has 0 bridgehead atoms. The number of carboxylic acid groups (broad SMARTS) is 1. The number of aromatic nitrogens is 2. The highest BCUT2D eigenvalue weighted by atomic mass is 35.5. The van der Waals surface area contributed by atoms with Crippen molar-refractivity contribution in [1.29, 1.82) is 0 Å². The molecule has 208 valence electrons. The molecule has 1 fully saturated rings. The van der Waals surface area contributed by atoms with E-state index >= 15 is 0 Å². The fraction of sp³-hybridized carbons (Fsp3) is 0.323. The number of amides is 1. The van der Waals surface area contributed by atoms with Gasteiger partial charge in [0, 0.05) is 39.9 Å². The first-order chi connectivity index (χ1) is 19.3. The topological polar surface area (TPSA) is 104 Å². The third-order valence-corrected chi connectivity index (χ3v) is 8.01. The van der Waals surface area contributed by atoms with Crippen LogP contribution in [0.5, 0.6) is 5.75 Å². The molecule has 1 heterocycles. The monoisotopic (exact) mass is 563 g/mol. The highest BCUT2D eigenvalue weighted by Gasteiger charge is 2.27. The summed E-state index contributed by atoms with van der Waals surface area (Å²) in [5.74, 6) is -1.11. The van der Waals surface area contributed by atoms with Gasteiger partial charge in [-0.1, -0.05) is 56.0 Å². The van der Waals surface area contributed by atoms with Crippen molar-refractivity contribution in [2.75, 3.05) is 7.11 Å². The van der Waals surface area contributed by atoms with E-state index in [9.17, 15) is 19.1 Å². The number of aromatic amines is 1. The minimum Gasteiger partial charge on any atom is -0.494 e. The van der Waals surface area contributed by atoms with E-state index < -0.39 is 11.8 Å². The average molecular weight is 564 g/mol. The lowest BCUT2D eigenvalue weighted by atomic mass is 9.92. The van der Waals surface area contributed by atoms with Crippen molar-refractivity contribution < 1.29 is 23.8 Å². The van der Waals surface area contributed by atoms with Crippen molar-refractivity contribution in [3.8, 4) is 28.3 Å². The fourth-order valence-electron chi connectivity index (χ4n) is 5.72. The Labute approximate surface area is 236 Å². The number of rotatable bonds is 9. The summed E-state index contributed by atoms with van der Waals surface area (Å²) in [5, 5.41) is 13.6. The van der Waals surface area contributed by atoms with Crippen LogP contribution in [0.3, 0.4) is 0 Å². The molecule has 40 heavy (non-hydrogen) atoms. The molecule has 3 aromatic carbocycles. The Hall–Kier alpha value is -3.91. The van der Waals surface area contributed by atoms with E-state index in [4.69, 9.17) is 16.3 Å². The number of nitrogens with zero attached hydrogens (tertiary/aromatic N) is 1. The summed E-state index contributed by atoms with van der Waals surface area (Å²) in [6, 6.07) is 12.6. The summed E-state index contributed by atoms with van der Waals surface area (Å²) in [7, 11) is 1.38. The van der Waals surface area contributed by atoms with Gasteiger partial charge in [-0.25, -0.2) is 14.2 Å². The van der Waals surface area contributed by atoms with Crippen LogP contribution in [0, 0.1) is 11.7 Å². The lowest BCUT2D eigenvalue weighted by Gasteiger charge is -2.24. The van der Waals surface area contributed by atoms with Gasteiger partial charge >= 0.3 is 5.97 Å². The van der Waals surface area contributed by atoms with Crippen LogP contribution in [-0.4, -0.2) is 40.1 Å². The molecule has 0 spiro atoms. The number of nitrogens with one attached hydrogen (secondary N) is 2. The number of aromatic carboxylic acids is 1. The molecule has 1 amide bonds. The SMILES string of the molecule is CCC[C@H](NC(=O)c1ccc(-c2c(Cl)cccc2-c2nc3cc(OC)c(F)cc3[nH]2)c(C(=O)O)c1)C1CCCC1. The van der Waals surface area contributed by atoms with Crippen molar-refractivity contribution >= 4 is 34.5 Å². The number of imidazole rings is 1. The van der Waals surface area contributed by atoms with Gasteiger partial charge in [-0.05, 0) is 48.9 Å². The number of methoxy groups -OCH3 is 1. The molecule has 0 saturated heterocycles. The van der Waals surface area contributed by atoms with Crippen LogP contribution in [0.1, 0.15) is 66.2 Å². The number of carboxylic acids is 1. The standard InChI is InChI=1S/C31H31ClFN3O4/c1-3-7-24(17-8-4-5-9-17)36-30(37)18-12-13-19(21(14-18)31(38)39)28-20(10-6-11-22(28)32)29-34-25-15-23(33)27(40-2)16-26(25)35-29/h6,10-17,24H,3-5,7-9H2,1-2H3,(H,34,35)(H,36,37)(H,38,39)/t24-/m0/s1. The Morgan fingerprint density at radius 1 is 1.18 bits per heavy atom. The summed E-state index contributed by atoms with van der Waals surface area (Å²) >= 11 is 6.65. The Morgan fingerprint density at radius 3 is 2.65 bits per heavy atom. The highest BCUT2D eigenvalue weighted by Crippen LogP contribution is 2.40. The summed E-state index contributed by atoms with van der Waals surface area (Å²) < 4.78 is 19.4. The zero-order valence-corrected chi connectivity index (χ0v) is 23.1. The Kier molecular flexibility index (Phi) is 8.07. The molecule has 0 unspecified atom stereocenters. The lowest BCUT2D eigenvalue weighted by molar-refractivity contribution is 0.0697. The predicted octanol–water partition coefficient (Wildman–Crippen LogP) is 7.48. The minimum atomic E-state index is -1.19. The summed E-state index contributed by atoms with van der Waals surface area (Å²) in [6.45, 7) is 2.10. The quantitative estimate of drug-likeness (QED) is 0.196. The van der Waals surface area contributed by atoms with Crippen molar-refractivity contribution in [3.05, 3.63) is 70.5 Å². The lowest BCUT2D eigenvalue weighted by Crippen LogP contribution is -2.39.